The van der Waals surface area contributed by atoms with Crippen LogP contribution in [0.15, 0.2) is 29.1 Å². The van der Waals surface area contributed by atoms with Gasteiger partial charge in [-0.2, -0.15) is 5.10 Å². The number of aryl methyl sites for hydroxylation is 1. The van der Waals surface area contributed by atoms with Crippen LogP contribution < -0.4 is 15.7 Å². The van der Waals surface area contributed by atoms with Gasteiger partial charge in [0, 0.05) is 32.1 Å². The molecular weight excluding hydrogens is 382 g/mol. The fourth-order valence-corrected chi connectivity index (χ4v) is 4.67. The molecular formula is C22H31N5O3. The molecule has 1 aliphatic carbocycles. The smallest absolute Gasteiger partial charge is 0.345 e. The van der Waals surface area contributed by atoms with Crippen molar-refractivity contribution in [2.24, 2.45) is 7.05 Å². The number of amides is 2. The van der Waals surface area contributed by atoms with Gasteiger partial charge >= 0.3 is 11.7 Å². The van der Waals surface area contributed by atoms with Crippen LogP contribution in [-0.2, 0) is 7.05 Å². The molecule has 0 bridgehead atoms. The van der Waals surface area contributed by atoms with Crippen molar-refractivity contribution < 1.29 is 9.53 Å². The second-order valence-corrected chi connectivity index (χ2v) is 8.19. The van der Waals surface area contributed by atoms with Crippen molar-refractivity contribution in [3.8, 4) is 5.75 Å². The Balaban J connectivity index is 1.42. The monoisotopic (exact) mass is 413 g/mol. The van der Waals surface area contributed by atoms with E-state index < -0.39 is 0 Å². The molecule has 1 saturated carbocycles. The van der Waals surface area contributed by atoms with Crippen molar-refractivity contribution in [1.82, 2.24) is 19.2 Å². The fourth-order valence-electron chi connectivity index (χ4n) is 4.67. The number of hydrogen-bond donors (Lipinski definition) is 1. The van der Waals surface area contributed by atoms with Gasteiger partial charge in [0.15, 0.2) is 0 Å². The van der Waals surface area contributed by atoms with Crippen LogP contribution in [0.25, 0.3) is 0 Å². The predicted molar refractivity (Wildman–Crippen MR) is 115 cm³/mol. The molecule has 1 N–H and O–H groups in total. The highest BCUT2D eigenvalue weighted by atomic mass is 16.5. The molecule has 2 amide bonds. The average Bonchev–Trinajstić information content (AvgIpc) is 3.38. The summed E-state index contributed by atoms with van der Waals surface area (Å²) in [6.45, 7) is 3.75. The maximum Gasteiger partial charge on any atom is 0.345 e. The molecule has 0 spiro atoms. The molecule has 1 saturated heterocycles. The highest BCUT2D eigenvalue weighted by molar-refractivity contribution is 5.91. The van der Waals surface area contributed by atoms with Crippen molar-refractivity contribution in [2.75, 3.05) is 25.0 Å². The van der Waals surface area contributed by atoms with Gasteiger partial charge in [0.25, 0.3) is 0 Å². The standard InChI is InChI=1S/C22H31N5O3/c1-3-30-19-11-7-6-10-18(19)23-21(28)26-14-12-16(13-15-26)20-24-25(2)22(29)27(20)17-8-4-5-9-17/h6-7,10-11,16-17H,3-5,8-9,12-15H2,1-2H3,(H,23,28). The van der Waals surface area contributed by atoms with Gasteiger partial charge in [-0.1, -0.05) is 25.0 Å². The zero-order valence-corrected chi connectivity index (χ0v) is 17.8. The summed E-state index contributed by atoms with van der Waals surface area (Å²) in [7, 11) is 1.73. The molecule has 8 nitrogen and oxygen atoms in total. The molecule has 4 rings (SSSR count). The van der Waals surface area contributed by atoms with Gasteiger partial charge in [-0.25, -0.2) is 14.3 Å². The lowest BCUT2D eigenvalue weighted by Crippen LogP contribution is -2.41. The van der Waals surface area contributed by atoms with Gasteiger partial charge in [0.05, 0.1) is 12.3 Å². The fraction of sp³-hybridized carbons (Fsp3) is 0.591. The van der Waals surface area contributed by atoms with Gasteiger partial charge in [0.1, 0.15) is 11.6 Å². The zero-order valence-electron chi connectivity index (χ0n) is 17.8. The minimum atomic E-state index is -0.116. The number of carbonyl (C=O) groups excluding carboxylic acids is 1. The summed E-state index contributed by atoms with van der Waals surface area (Å²) < 4.78 is 9.01. The number of rotatable bonds is 5. The number of para-hydroxylation sites is 2. The number of piperidine rings is 1. The van der Waals surface area contributed by atoms with Crippen LogP contribution in [0, 0.1) is 0 Å². The number of urea groups is 1. The van der Waals surface area contributed by atoms with Crippen LogP contribution in [-0.4, -0.2) is 45.0 Å². The average molecular weight is 414 g/mol. The summed E-state index contributed by atoms with van der Waals surface area (Å²) in [5.74, 6) is 1.78. The Bertz CT molecular complexity index is 936. The lowest BCUT2D eigenvalue weighted by molar-refractivity contribution is 0.192. The topological polar surface area (TPSA) is 81.4 Å². The third kappa shape index (κ3) is 4.08. The van der Waals surface area contributed by atoms with Gasteiger partial charge in [-0.05, 0) is 44.7 Å². The van der Waals surface area contributed by atoms with E-state index in [1.54, 1.807) is 7.05 Å². The van der Waals surface area contributed by atoms with Crippen molar-refractivity contribution in [2.45, 2.75) is 57.4 Å². The molecule has 1 aliphatic heterocycles. The molecule has 2 aliphatic rings. The van der Waals surface area contributed by atoms with Crippen LogP contribution in [0.2, 0.25) is 0 Å². The zero-order chi connectivity index (χ0) is 21.1. The molecule has 2 aromatic rings. The van der Waals surface area contributed by atoms with Gasteiger partial charge in [0.2, 0.25) is 0 Å². The predicted octanol–water partition coefficient (Wildman–Crippen LogP) is 3.51. The second kappa shape index (κ2) is 8.93. The van der Waals surface area contributed by atoms with Crippen molar-refractivity contribution >= 4 is 11.7 Å². The lowest BCUT2D eigenvalue weighted by Gasteiger charge is -2.32. The number of ether oxygens (including phenoxy) is 1. The van der Waals surface area contributed by atoms with Crippen LogP contribution in [0.5, 0.6) is 5.75 Å². The molecule has 162 valence electrons. The molecule has 0 atom stereocenters. The first-order chi connectivity index (χ1) is 14.6. The Labute approximate surface area is 176 Å². The maximum atomic E-state index is 12.8. The van der Waals surface area contributed by atoms with Crippen molar-refractivity contribution in [3.63, 3.8) is 0 Å². The molecule has 2 heterocycles. The molecule has 0 unspecified atom stereocenters. The molecule has 30 heavy (non-hydrogen) atoms. The highest BCUT2D eigenvalue weighted by Gasteiger charge is 2.31. The summed E-state index contributed by atoms with van der Waals surface area (Å²) >= 11 is 0. The van der Waals surface area contributed by atoms with Gasteiger partial charge in [-0.3, -0.25) is 4.57 Å². The summed E-state index contributed by atoms with van der Waals surface area (Å²) in [6, 6.07) is 7.64. The summed E-state index contributed by atoms with van der Waals surface area (Å²) in [6.07, 6.45) is 6.08. The normalized spacial score (nSPS) is 18.0. The second-order valence-electron chi connectivity index (χ2n) is 8.19. The third-order valence-corrected chi connectivity index (χ3v) is 6.25. The lowest BCUT2D eigenvalue weighted by atomic mass is 9.95. The Morgan fingerprint density at radius 1 is 1.17 bits per heavy atom. The van der Waals surface area contributed by atoms with E-state index in [0.29, 0.717) is 31.1 Å². The number of nitrogens with zero attached hydrogens (tertiary/aromatic N) is 4. The van der Waals surface area contributed by atoms with E-state index in [4.69, 9.17) is 4.74 Å². The first-order valence-corrected chi connectivity index (χ1v) is 11.0. The Kier molecular flexibility index (Phi) is 6.11. The van der Waals surface area contributed by atoms with Crippen molar-refractivity contribution in [1.29, 1.82) is 0 Å². The number of carbonyl (C=O) groups is 1. The largest absolute Gasteiger partial charge is 0.492 e. The summed E-state index contributed by atoms with van der Waals surface area (Å²) in [5.41, 5.74) is 0.677. The third-order valence-electron chi connectivity index (χ3n) is 6.25. The van der Waals surface area contributed by atoms with Crippen molar-refractivity contribution in [3.05, 3.63) is 40.6 Å². The first kappa shape index (κ1) is 20.5. The number of anilines is 1. The Morgan fingerprint density at radius 2 is 1.87 bits per heavy atom. The van der Waals surface area contributed by atoms with E-state index in [0.717, 1.165) is 31.5 Å². The molecule has 1 aromatic carbocycles. The van der Waals surface area contributed by atoms with Gasteiger partial charge < -0.3 is 15.0 Å². The quantitative estimate of drug-likeness (QED) is 0.813. The number of hydrogen-bond acceptors (Lipinski definition) is 4. The van der Waals surface area contributed by atoms with Gasteiger partial charge in [-0.15, -0.1) is 0 Å². The van der Waals surface area contributed by atoms with Crippen LogP contribution in [0.1, 0.15) is 63.2 Å². The first-order valence-electron chi connectivity index (χ1n) is 11.0. The van der Waals surface area contributed by atoms with E-state index in [2.05, 4.69) is 10.4 Å². The number of nitrogens with one attached hydrogen (secondary N) is 1. The summed E-state index contributed by atoms with van der Waals surface area (Å²) in [5, 5.41) is 7.56. The minimum absolute atomic E-state index is 0.00963. The number of likely N-dealkylation sites (tertiary alicyclic amines) is 1. The van der Waals surface area contributed by atoms with E-state index in [1.807, 2.05) is 40.7 Å². The SMILES string of the molecule is CCOc1ccccc1NC(=O)N1CCC(c2nn(C)c(=O)n2C2CCCC2)CC1. The summed E-state index contributed by atoms with van der Waals surface area (Å²) in [4.78, 5) is 27.3. The molecule has 1 aromatic heterocycles. The van der Waals surface area contributed by atoms with Crippen LogP contribution in [0.4, 0.5) is 10.5 Å². The van der Waals surface area contributed by atoms with Crippen LogP contribution in [0.3, 0.4) is 0 Å². The van der Waals surface area contributed by atoms with E-state index in [9.17, 15) is 9.59 Å². The van der Waals surface area contributed by atoms with E-state index >= 15 is 0 Å². The number of aromatic nitrogens is 3. The highest BCUT2D eigenvalue weighted by Crippen LogP contribution is 2.34. The number of benzene rings is 1. The Morgan fingerprint density at radius 3 is 2.57 bits per heavy atom. The van der Waals surface area contributed by atoms with Crippen LogP contribution >= 0.6 is 0 Å². The minimum Gasteiger partial charge on any atom is -0.492 e. The van der Waals surface area contributed by atoms with E-state index in [-0.39, 0.29) is 23.7 Å². The molecule has 8 heteroatoms. The molecule has 0 radical (unpaired) electrons. The molecule has 2 fully saturated rings. The van der Waals surface area contributed by atoms with E-state index in [1.165, 1.54) is 17.5 Å². The maximum absolute atomic E-state index is 12.8. The Hall–Kier alpha value is -2.77.